The molecule has 0 amide bonds. The van der Waals surface area contributed by atoms with Gasteiger partial charge in [0.15, 0.2) is 0 Å². The summed E-state index contributed by atoms with van der Waals surface area (Å²) in [4.78, 5) is 3.97. The van der Waals surface area contributed by atoms with Crippen LogP contribution in [-0.4, -0.2) is 16.1 Å². The van der Waals surface area contributed by atoms with Crippen LogP contribution in [0.25, 0.3) is 0 Å². The van der Waals surface area contributed by atoms with Crippen molar-refractivity contribution in [3.8, 4) is 6.07 Å². The van der Waals surface area contributed by atoms with E-state index in [0.29, 0.717) is 5.56 Å². The van der Waals surface area contributed by atoms with Gasteiger partial charge in [-0.25, -0.2) is 4.98 Å². The Morgan fingerprint density at radius 3 is 3.06 bits per heavy atom. The lowest BCUT2D eigenvalue weighted by Crippen LogP contribution is -2.10. The Hall–Kier alpha value is -1.80. The highest BCUT2D eigenvalue weighted by Gasteiger charge is 2.01. The first kappa shape index (κ1) is 11.7. The summed E-state index contributed by atoms with van der Waals surface area (Å²) in [6.07, 6.45) is 5.43. The minimum absolute atomic E-state index is 0.644. The van der Waals surface area contributed by atoms with Crippen LogP contribution in [0.4, 0.5) is 5.69 Å². The van der Waals surface area contributed by atoms with Gasteiger partial charge in [-0.3, -0.25) is 0 Å². The average Bonchev–Trinajstić information content (AvgIpc) is 2.84. The number of benzene rings is 1. The summed E-state index contributed by atoms with van der Waals surface area (Å²) in [5, 5.41) is 12.2. The molecule has 0 bridgehead atoms. The van der Waals surface area contributed by atoms with Gasteiger partial charge < -0.3 is 9.88 Å². The number of hydrogen-bond acceptors (Lipinski definition) is 3. The number of imidazole rings is 1. The third-order valence-corrected chi connectivity index (χ3v) is 2.84. The number of anilines is 1. The van der Waals surface area contributed by atoms with Crippen molar-refractivity contribution in [2.45, 2.75) is 6.54 Å². The smallest absolute Gasteiger partial charge is 0.101 e. The number of aromatic nitrogens is 2. The summed E-state index contributed by atoms with van der Waals surface area (Å²) in [5.74, 6) is 0. The Labute approximate surface area is 108 Å². The highest BCUT2D eigenvalue weighted by Crippen LogP contribution is 2.19. The van der Waals surface area contributed by atoms with E-state index in [1.165, 1.54) is 0 Å². The van der Waals surface area contributed by atoms with E-state index in [1.54, 1.807) is 18.6 Å². The van der Waals surface area contributed by atoms with Crippen molar-refractivity contribution in [2.75, 3.05) is 11.9 Å². The van der Waals surface area contributed by atoms with E-state index in [-0.39, 0.29) is 0 Å². The number of hydrogen-bond donors (Lipinski definition) is 1. The van der Waals surface area contributed by atoms with Crippen LogP contribution in [0.2, 0.25) is 0 Å². The van der Waals surface area contributed by atoms with Gasteiger partial charge in [0.1, 0.15) is 6.07 Å². The van der Waals surface area contributed by atoms with Gasteiger partial charge in [0.2, 0.25) is 0 Å². The summed E-state index contributed by atoms with van der Waals surface area (Å²) >= 11 is 3.35. The summed E-state index contributed by atoms with van der Waals surface area (Å²) in [6.45, 7) is 1.58. The van der Waals surface area contributed by atoms with Gasteiger partial charge in [-0.05, 0) is 18.2 Å². The minimum atomic E-state index is 0.644. The Kier molecular flexibility index (Phi) is 3.78. The first-order chi connectivity index (χ1) is 8.29. The molecule has 0 radical (unpaired) electrons. The summed E-state index contributed by atoms with van der Waals surface area (Å²) in [6, 6.07) is 7.79. The molecule has 0 aliphatic heterocycles. The van der Waals surface area contributed by atoms with E-state index >= 15 is 0 Å². The zero-order valence-corrected chi connectivity index (χ0v) is 10.7. The second kappa shape index (κ2) is 5.51. The van der Waals surface area contributed by atoms with Gasteiger partial charge in [0, 0.05) is 30.0 Å². The molecule has 0 atom stereocenters. The van der Waals surface area contributed by atoms with E-state index in [1.807, 2.05) is 22.9 Å². The highest BCUT2D eigenvalue weighted by molar-refractivity contribution is 9.10. The van der Waals surface area contributed by atoms with Crippen molar-refractivity contribution in [1.82, 2.24) is 9.55 Å². The zero-order chi connectivity index (χ0) is 12.1. The summed E-state index contributed by atoms with van der Waals surface area (Å²) in [5.41, 5.74) is 1.50. The lowest BCUT2D eigenvalue weighted by molar-refractivity contribution is 0.727. The lowest BCUT2D eigenvalue weighted by atomic mass is 10.2. The first-order valence-electron chi connectivity index (χ1n) is 5.19. The van der Waals surface area contributed by atoms with Crippen LogP contribution in [0.1, 0.15) is 5.56 Å². The maximum atomic E-state index is 9.00. The average molecular weight is 291 g/mol. The fraction of sp³-hybridized carbons (Fsp3) is 0.167. The molecule has 0 aliphatic rings. The molecule has 0 saturated carbocycles. The molecule has 0 aliphatic carbocycles. The van der Waals surface area contributed by atoms with Crippen molar-refractivity contribution in [1.29, 1.82) is 5.26 Å². The van der Waals surface area contributed by atoms with Gasteiger partial charge in [-0.15, -0.1) is 0 Å². The van der Waals surface area contributed by atoms with E-state index in [9.17, 15) is 0 Å². The molecule has 2 rings (SSSR count). The second-order valence-corrected chi connectivity index (χ2v) is 4.44. The molecular formula is C12H11BrN4. The van der Waals surface area contributed by atoms with Crippen LogP contribution in [0.15, 0.2) is 41.4 Å². The molecule has 0 spiro atoms. The van der Waals surface area contributed by atoms with Crippen molar-refractivity contribution in [3.63, 3.8) is 0 Å². The monoisotopic (exact) mass is 290 g/mol. The lowest BCUT2D eigenvalue weighted by Gasteiger charge is -2.08. The SMILES string of the molecule is N#Cc1cc(Br)ccc1NCCn1ccnc1. The quantitative estimate of drug-likeness (QED) is 0.942. The van der Waals surface area contributed by atoms with Crippen molar-refractivity contribution >= 4 is 21.6 Å². The van der Waals surface area contributed by atoms with E-state index in [4.69, 9.17) is 5.26 Å². The molecule has 1 heterocycles. The fourth-order valence-corrected chi connectivity index (χ4v) is 1.86. The predicted molar refractivity (Wildman–Crippen MR) is 69.6 cm³/mol. The largest absolute Gasteiger partial charge is 0.382 e. The van der Waals surface area contributed by atoms with Gasteiger partial charge in [-0.2, -0.15) is 5.26 Å². The Morgan fingerprint density at radius 1 is 1.47 bits per heavy atom. The minimum Gasteiger partial charge on any atom is -0.382 e. The third kappa shape index (κ3) is 3.08. The molecule has 0 saturated heterocycles. The third-order valence-electron chi connectivity index (χ3n) is 2.35. The molecule has 4 nitrogen and oxygen atoms in total. The van der Waals surface area contributed by atoms with Crippen LogP contribution in [0.3, 0.4) is 0 Å². The van der Waals surface area contributed by atoms with Crippen molar-refractivity contribution in [3.05, 3.63) is 47.0 Å². The molecule has 5 heteroatoms. The van der Waals surface area contributed by atoms with Crippen molar-refractivity contribution < 1.29 is 0 Å². The maximum absolute atomic E-state index is 9.00. The van der Waals surface area contributed by atoms with Gasteiger partial charge in [0.25, 0.3) is 0 Å². The maximum Gasteiger partial charge on any atom is 0.101 e. The molecule has 17 heavy (non-hydrogen) atoms. The topological polar surface area (TPSA) is 53.6 Å². The molecule has 1 aromatic heterocycles. The molecule has 1 aromatic carbocycles. The van der Waals surface area contributed by atoms with Crippen LogP contribution < -0.4 is 5.32 Å². The second-order valence-electron chi connectivity index (χ2n) is 3.53. The van der Waals surface area contributed by atoms with Gasteiger partial charge in [0.05, 0.1) is 17.6 Å². The van der Waals surface area contributed by atoms with Crippen LogP contribution >= 0.6 is 15.9 Å². The Bertz CT molecular complexity index is 528. The number of halogens is 1. The number of nitrogens with zero attached hydrogens (tertiary/aromatic N) is 3. The molecule has 0 unspecified atom stereocenters. The Morgan fingerprint density at radius 2 is 2.35 bits per heavy atom. The highest BCUT2D eigenvalue weighted by atomic mass is 79.9. The zero-order valence-electron chi connectivity index (χ0n) is 9.10. The van der Waals surface area contributed by atoms with Crippen molar-refractivity contribution in [2.24, 2.45) is 0 Å². The van der Waals surface area contributed by atoms with Gasteiger partial charge >= 0.3 is 0 Å². The van der Waals surface area contributed by atoms with E-state index in [2.05, 4.69) is 32.3 Å². The van der Waals surface area contributed by atoms with Crippen LogP contribution in [0.5, 0.6) is 0 Å². The molecule has 0 fully saturated rings. The molecular weight excluding hydrogens is 280 g/mol. The van der Waals surface area contributed by atoms with Gasteiger partial charge in [-0.1, -0.05) is 15.9 Å². The van der Waals surface area contributed by atoms with E-state index in [0.717, 1.165) is 23.2 Å². The summed E-state index contributed by atoms with van der Waals surface area (Å²) < 4.78 is 2.90. The molecule has 2 aromatic rings. The summed E-state index contributed by atoms with van der Waals surface area (Å²) in [7, 11) is 0. The van der Waals surface area contributed by atoms with Crippen LogP contribution in [0, 0.1) is 11.3 Å². The predicted octanol–water partition coefficient (Wildman–Crippen LogP) is 2.63. The molecule has 1 N–H and O–H groups in total. The Balaban J connectivity index is 1.97. The molecule has 86 valence electrons. The number of nitrogens with one attached hydrogen (secondary N) is 1. The van der Waals surface area contributed by atoms with Crippen LogP contribution in [-0.2, 0) is 6.54 Å². The fourth-order valence-electron chi connectivity index (χ4n) is 1.50. The normalized spacial score (nSPS) is 9.88. The number of nitriles is 1. The number of rotatable bonds is 4. The van der Waals surface area contributed by atoms with E-state index < -0.39 is 0 Å². The first-order valence-corrected chi connectivity index (χ1v) is 5.98. The standard InChI is InChI=1S/C12H11BrN4/c13-11-1-2-12(10(7-11)8-14)16-4-6-17-5-3-15-9-17/h1-3,5,7,9,16H,4,6H2.